The lowest BCUT2D eigenvalue weighted by Gasteiger charge is -2.01. The van der Waals surface area contributed by atoms with Gasteiger partial charge < -0.3 is 11.5 Å². The van der Waals surface area contributed by atoms with Crippen molar-refractivity contribution in [2.75, 3.05) is 12.3 Å². The zero-order valence-corrected chi connectivity index (χ0v) is 15.7. The van der Waals surface area contributed by atoms with Gasteiger partial charge in [0.05, 0.1) is 10.3 Å². The molecule has 0 spiro atoms. The average Bonchev–Trinajstić information content (AvgIpc) is 3.20. The van der Waals surface area contributed by atoms with Crippen molar-refractivity contribution in [1.82, 2.24) is 9.71 Å². The molecule has 10 heteroatoms. The van der Waals surface area contributed by atoms with E-state index in [1.54, 1.807) is 18.2 Å². The highest BCUT2D eigenvalue weighted by molar-refractivity contribution is 7.91. The van der Waals surface area contributed by atoms with E-state index in [1.165, 1.54) is 17.5 Å². The highest BCUT2D eigenvalue weighted by Crippen LogP contribution is 2.40. The first-order valence-electron chi connectivity index (χ1n) is 7.41. The zero-order valence-electron chi connectivity index (χ0n) is 13.3. The summed E-state index contributed by atoms with van der Waals surface area (Å²) in [5.41, 5.74) is 11.6. The normalized spacial score (nSPS) is 11.9. The van der Waals surface area contributed by atoms with Gasteiger partial charge in [0.15, 0.2) is 0 Å². The molecule has 0 unspecified atom stereocenters. The van der Waals surface area contributed by atoms with Gasteiger partial charge in [-0.25, -0.2) is 18.1 Å². The number of anilines is 1. The van der Waals surface area contributed by atoms with Crippen molar-refractivity contribution in [2.24, 2.45) is 5.73 Å². The number of nitrogens with one attached hydrogen (secondary N) is 1. The lowest BCUT2D eigenvalue weighted by Crippen LogP contribution is -2.23. The van der Waals surface area contributed by atoms with Gasteiger partial charge in [-0.1, -0.05) is 6.92 Å². The van der Waals surface area contributed by atoms with Crippen molar-refractivity contribution in [3.63, 3.8) is 0 Å². The fourth-order valence-electron chi connectivity index (χ4n) is 2.25. The van der Waals surface area contributed by atoms with Crippen LogP contribution in [0.3, 0.4) is 0 Å². The van der Waals surface area contributed by atoms with Gasteiger partial charge in [0.25, 0.3) is 5.91 Å². The number of nitrogen functional groups attached to an aromatic ring is 1. The average molecular weight is 397 g/mol. The van der Waals surface area contributed by atoms with Gasteiger partial charge in [-0.2, -0.15) is 0 Å². The Bertz CT molecular complexity index is 1050. The fourth-order valence-corrected chi connectivity index (χ4v) is 5.99. The Hall–Kier alpha value is -2.01. The molecule has 0 radical (unpaired) electrons. The molecule has 3 rings (SSSR count). The van der Waals surface area contributed by atoms with Gasteiger partial charge in [0, 0.05) is 27.9 Å². The van der Waals surface area contributed by atoms with Crippen LogP contribution in [0.15, 0.2) is 28.6 Å². The van der Waals surface area contributed by atoms with Crippen LogP contribution in [0.5, 0.6) is 0 Å². The third-order valence-electron chi connectivity index (χ3n) is 3.48. The molecule has 7 nitrogen and oxygen atoms in total. The van der Waals surface area contributed by atoms with Crippen LogP contribution in [0.25, 0.3) is 19.8 Å². The van der Waals surface area contributed by atoms with Crippen LogP contribution in [-0.2, 0) is 10.0 Å². The van der Waals surface area contributed by atoms with Crippen LogP contribution in [0.1, 0.15) is 23.7 Å². The number of hydrogen-bond acceptors (Lipinski definition) is 7. The second kappa shape index (κ2) is 6.71. The predicted octanol–water partition coefficient (Wildman–Crippen LogP) is 2.39. The minimum atomic E-state index is -3.51. The summed E-state index contributed by atoms with van der Waals surface area (Å²) in [5.74, 6) is -0.277. The van der Waals surface area contributed by atoms with E-state index in [0.29, 0.717) is 28.0 Å². The van der Waals surface area contributed by atoms with Crippen LogP contribution in [0, 0.1) is 0 Å². The van der Waals surface area contributed by atoms with Gasteiger partial charge in [-0.3, -0.25) is 4.79 Å². The number of thiophene rings is 2. The van der Waals surface area contributed by atoms with Crippen molar-refractivity contribution in [3.05, 3.63) is 30.0 Å². The number of carbonyl (C=O) groups is 1. The van der Waals surface area contributed by atoms with E-state index in [-0.39, 0.29) is 4.21 Å². The second-order valence-electron chi connectivity index (χ2n) is 5.29. The molecule has 0 aliphatic rings. The number of nitrogens with zero attached hydrogens (tertiary/aromatic N) is 1. The smallest absolute Gasteiger partial charge is 0.251 e. The van der Waals surface area contributed by atoms with Crippen LogP contribution in [-0.4, -0.2) is 25.9 Å². The van der Waals surface area contributed by atoms with Crippen molar-refractivity contribution >= 4 is 54.5 Å². The summed E-state index contributed by atoms with van der Waals surface area (Å²) >= 11 is 2.50. The van der Waals surface area contributed by atoms with E-state index in [2.05, 4.69) is 9.71 Å². The topological polar surface area (TPSA) is 128 Å². The van der Waals surface area contributed by atoms with E-state index < -0.39 is 15.9 Å². The third kappa shape index (κ3) is 3.38. The lowest BCUT2D eigenvalue weighted by molar-refractivity contribution is 0.100. The Morgan fingerprint density at radius 1 is 1.28 bits per heavy atom. The minimum absolute atomic E-state index is 0.245. The van der Waals surface area contributed by atoms with E-state index in [4.69, 9.17) is 11.5 Å². The number of aromatic nitrogens is 1. The van der Waals surface area contributed by atoms with Crippen LogP contribution in [0.4, 0.5) is 5.82 Å². The quantitative estimate of drug-likeness (QED) is 0.589. The molecule has 0 aliphatic heterocycles. The molecule has 3 aromatic heterocycles. The first-order chi connectivity index (χ1) is 11.8. The maximum atomic E-state index is 12.2. The molecule has 0 aliphatic carbocycles. The Labute approximate surface area is 152 Å². The molecule has 0 aromatic carbocycles. The first kappa shape index (κ1) is 17.8. The summed E-state index contributed by atoms with van der Waals surface area (Å²) in [6.45, 7) is 2.29. The number of rotatable bonds is 6. The number of primary amides is 1. The van der Waals surface area contributed by atoms with Crippen molar-refractivity contribution in [3.8, 4) is 9.75 Å². The van der Waals surface area contributed by atoms with E-state index >= 15 is 0 Å². The van der Waals surface area contributed by atoms with E-state index in [0.717, 1.165) is 27.5 Å². The molecule has 0 atom stereocenters. The lowest BCUT2D eigenvalue weighted by atomic mass is 10.2. The maximum absolute atomic E-state index is 12.2. The summed E-state index contributed by atoms with van der Waals surface area (Å²) in [4.78, 5) is 17.1. The zero-order chi connectivity index (χ0) is 18.2. The SMILES string of the molecule is CCCNS(=O)(=O)c1ccc(-c2cc3c(N)ncc(C(N)=O)c3s2)s1. The largest absolute Gasteiger partial charge is 0.383 e. The Morgan fingerprint density at radius 3 is 2.72 bits per heavy atom. The second-order valence-corrected chi connectivity index (χ2v) is 9.42. The predicted molar refractivity (Wildman–Crippen MR) is 101 cm³/mol. The highest BCUT2D eigenvalue weighted by Gasteiger charge is 2.19. The van der Waals surface area contributed by atoms with Gasteiger partial charge in [-0.05, 0) is 24.6 Å². The number of fused-ring (bicyclic) bond motifs is 1. The highest BCUT2D eigenvalue weighted by atomic mass is 32.2. The number of amides is 1. The molecule has 5 N–H and O–H groups in total. The standard InChI is InChI=1S/C15H16N4O3S3/c1-2-5-19-25(21,22)12-4-3-10(23-12)11-6-8-13(24-11)9(15(17)20)7-18-14(8)16/h3-4,6-7,19H,2,5H2,1H3,(H2,16,18)(H2,17,20). The van der Waals surface area contributed by atoms with Gasteiger partial charge in [-0.15, -0.1) is 22.7 Å². The van der Waals surface area contributed by atoms with E-state index in [9.17, 15) is 13.2 Å². The number of nitrogens with two attached hydrogens (primary N) is 2. The van der Waals surface area contributed by atoms with Crippen LogP contribution >= 0.6 is 22.7 Å². The Balaban J connectivity index is 2.05. The third-order valence-corrected chi connectivity index (χ3v) is 7.88. The molecule has 132 valence electrons. The molecule has 0 saturated heterocycles. The summed E-state index contributed by atoms with van der Waals surface area (Å²) in [6, 6.07) is 5.11. The van der Waals surface area contributed by atoms with Crippen LogP contribution in [0.2, 0.25) is 0 Å². The number of sulfonamides is 1. The summed E-state index contributed by atoms with van der Waals surface area (Å²) < 4.78 is 27.9. The Morgan fingerprint density at radius 2 is 2.04 bits per heavy atom. The molecule has 3 heterocycles. The van der Waals surface area contributed by atoms with Crippen molar-refractivity contribution < 1.29 is 13.2 Å². The van der Waals surface area contributed by atoms with Gasteiger partial charge in [0.2, 0.25) is 10.0 Å². The van der Waals surface area contributed by atoms with Gasteiger partial charge in [0.1, 0.15) is 10.0 Å². The fraction of sp³-hybridized carbons (Fsp3) is 0.200. The first-order valence-corrected chi connectivity index (χ1v) is 10.5. The molecular weight excluding hydrogens is 380 g/mol. The van der Waals surface area contributed by atoms with Gasteiger partial charge >= 0.3 is 0 Å². The molecular formula is C15H16N4O3S3. The summed E-state index contributed by atoms with van der Waals surface area (Å²) in [5, 5.41) is 0.637. The number of carbonyl (C=O) groups excluding carboxylic acids is 1. The van der Waals surface area contributed by atoms with Crippen molar-refractivity contribution in [1.29, 1.82) is 0 Å². The van der Waals surface area contributed by atoms with Crippen LogP contribution < -0.4 is 16.2 Å². The minimum Gasteiger partial charge on any atom is -0.383 e. The molecule has 0 saturated carbocycles. The number of hydrogen-bond donors (Lipinski definition) is 3. The molecule has 1 amide bonds. The summed E-state index contributed by atoms with van der Waals surface area (Å²) in [7, 11) is -3.51. The summed E-state index contributed by atoms with van der Waals surface area (Å²) in [6.07, 6.45) is 2.08. The monoisotopic (exact) mass is 396 g/mol. The molecule has 25 heavy (non-hydrogen) atoms. The Kier molecular flexibility index (Phi) is 4.78. The number of pyridine rings is 1. The van der Waals surface area contributed by atoms with Crippen molar-refractivity contribution in [2.45, 2.75) is 17.6 Å². The maximum Gasteiger partial charge on any atom is 0.251 e. The van der Waals surface area contributed by atoms with E-state index in [1.807, 2.05) is 6.92 Å². The molecule has 3 aromatic rings. The molecule has 0 bridgehead atoms. The molecule has 0 fully saturated rings.